The second kappa shape index (κ2) is 5.61. The van der Waals surface area contributed by atoms with E-state index in [1.54, 1.807) is 0 Å². The molecule has 5 heteroatoms. The molecule has 0 radical (unpaired) electrons. The fraction of sp³-hybridized carbons (Fsp3) is 0.0625. The van der Waals surface area contributed by atoms with Crippen molar-refractivity contribution in [3.63, 3.8) is 0 Å². The molecule has 4 nitrogen and oxygen atoms in total. The molecule has 2 aromatic carbocycles. The molecule has 0 amide bonds. The lowest BCUT2D eigenvalue weighted by molar-refractivity contribution is 0.318. The zero-order chi connectivity index (χ0) is 14.8. The molecule has 0 aliphatic heterocycles. The minimum absolute atomic E-state index is 0.123. The minimum atomic E-state index is 0.123. The quantitative estimate of drug-likeness (QED) is 0.330. The van der Waals surface area contributed by atoms with Gasteiger partial charge in [0, 0.05) is 33.7 Å². The maximum Gasteiger partial charge on any atom is 0.170 e. The third-order valence-electron chi connectivity index (χ3n) is 3.44. The lowest BCUT2D eigenvalue weighted by Crippen LogP contribution is -2.12. The zero-order valence-corrected chi connectivity index (χ0v) is 12.8. The number of aromatic nitrogens is 1. The Hall–Kier alpha value is -2.27. The molecule has 0 atom stereocenters. The number of oxime groups is 1. The normalized spacial score (nSPS) is 12.0. The van der Waals surface area contributed by atoms with Crippen LogP contribution in [0.2, 0.25) is 0 Å². The van der Waals surface area contributed by atoms with E-state index in [4.69, 9.17) is 10.9 Å². The van der Waals surface area contributed by atoms with Crippen LogP contribution < -0.4 is 5.73 Å². The summed E-state index contributed by atoms with van der Waals surface area (Å²) in [6.45, 7) is 0.805. The van der Waals surface area contributed by atoms with Gasteiger partial charge in [-0.1, -0.05) is 33.2 Å². The highest BCUT2D eigenvalue weighted by molar-refractivity contribution is 9.10. The summed E-state index contributed by atoms with van der Waals surface area (Å²) >= 11 is 3.44. The first kappa shape index (κ1) is 13.7. The van der Waals surface area contributed by atoms with E-state index in [0.717, 1.165) is 21.9 Å². The molecule has 3 rings (SSSR count). The van der Waals surface area contributed by atoms with E-state index < -0.39 is 0 Å². The van der Waals surface area contributed by atoms with Gasteiger partial charge >= 0.3 is 0 Å². The van der Waals surface area contributed by atoms with E-state index in [0.29, 0.717) is 5.56 Å². The van der Waals surface area contributed by atoms with Gasteiger partial charge in [0.25, 0.3) is 0 Å². The Labute approximate surface area is 130 Å². The summed E-state index contributed by atoms with van der Waals surface area (Å²) in [4.78, 5) is 0. The zero-order valence-electron chi connectivity index (χ0n) is 11.2. The third-order valence-corrected chi connectivity index (χ3v) is 3.97. The minimum Gasteiger partial charge on any atom is -0.409 e. The van der Waals surface area contributed by atoms with E-state index in [9.17, 15) is 0 Å². The van der Waals surface area contributed by atoms with Crippen molar-refractivity contribution in [2.45, 2.75) is 6.54 Å². The number of hydrogen-bond donors (Lipinski definition) is 2. The maximum absolute atomic E-state index is 8.74. The fourth-order valence-corrected chi connectivity index (χ4v) is 2.61. The molecule has 106 valence electrons. The molecule has 0 saturated carbocycles. The van der Waals surface area contributed by atoms with E-state index in [2.05, 4.69) is 37.8 Å². The fourth-order valence-electron chi connectivity index (χ4n) is 2.34. The van der Waals surface area contributed by atoms with Crippen molar-refractivity contribution in [2.75, 3.05) is 0 Å². The summed E-state index contributed by atoms with van der Waals surface area (Å²) < 4.78 is 3.25. The molecule has 0 saturated heterocycles. The number of hydrogen-bond acceptors (Lipinski definition) is 2. The van der Waals surface area contributed by atoms with Crippen LogP contribution in [0.3, 0.4) is 0 Å². The van der Waals surface area contributed by atoms with Crippen LogP contribution in [-0.4, -0.2) is 15.6 Å². The highest BCUT2D eigenvalue weighted by atomic mass is 79.9. The van der Waals surface area contributed by atoms with E-state index in [1.807, 2.05) is 42.6 Å². The Morgan fingerprint density at radius 1 is 1.14 bits per heavy atom. The van der Waals surface area contributed by atoms with Gasteiger partial charge in [0.05, 0.1) is 0 Å². The molecule has 0 spiro atoms. The van der Waals surface area contributed by atoms with E-state index in [1.165, 1.54) is 5.56 Å². The van der Waals surface area contributed by atoms with Crippen molar-refractivity contribution in [3.05, 3.63) is 70.3 Å². The summed E-state index contributed by atoms with van der Waals surface area (Å²) in [5, 5.41) is 12.8. The predicted molar refractivity (Wildman–Crippen MR) is 87.7 cm³/mol. The number of amidine groups is 1. The van der Waals surface area contributed by atoms with Gasteiger partial charge in [-0.25, -0.2) is 0 Å². The summed E-state index contributed by atoms with van der Waals surface area (Å²) in [7, 11) is 0. The predicted octanol–water partition coefficient (Wildman–Crippen LogP) is 3.55. The van der Waals surface area contributed by atoms with Gasteiger partial charge in [-0.15, -0.1) is 0 Å². The van der Waals surface area contributed by atoms with Crippen LogP contribution in [0.1, 0.15) is 11.1 Å². The number of nitrogens with two attached hydrogens (primary N) is 1. The molecule has 0 aliphatic carbocycles. The molecule has 1 heterocycles. The van der Waals surface area contributed by atoms with Crippen LogP contribution in [0.5, 0.6) is 0 Å². The molecular formula is C16H14BrN3O. The van der Waals surface area contributed by atoms with Gasteiger partial charge in [-0.2, -0.15) is 0 Å². The lowest BCUT2D eigenvalue weighted by atomic mass is 10.1. The standard InChI is InChI=1S/C16H14BrN3O/c17-14-4-1-11(2-5-14)10-20-8-7-12-9-13(16(18)19-21)3-6-15(12)20/h1-9,21H,10H2,(H2,18,19). The molecule has 3 aromatic rings. The first-order chi connectivity index (χ1) is 10.2. The molecule has 1 aromatic heterocycles. The molecule has 0 unspecified atom stereocenters. The Morgan fingerprint density at radius 2 is 1.90 bits per heavy atom. The average molecular weight is 344 g/mol. The second-order valence-electron chi connectivity index (χ2n) is 4.83. The van der Waals surface area contributed by atoms with Crippen LogP contribution in [0.25, 0.3) is 10.9 Å². The number of fused-ring (bicyclic) bond motifs is 1. The first-order valence-electron chi connectivity index (χ1n) is 6.48. The van der Waals surface area contributed by atoms with Crippen molar-refractivity contribution in [1.82, 2.24) is 4.57 Å². The molecule has 21 heavy (non-hydrogen) atoms. The largest absolute Gasteiger partial charge is 0.409 e. The van der Waals surface area contributed by atoms with Gasteiger partial charge in [0.15, 0.2) is 5.84 Å². The van der Waals surface area contributed by atoms with Crippen molar-refractivity contribution in [3.8, 4) is 0 Å². The van der Waals surface area contributed by atoms with Crippen LogP contribution in [-0.2, 0) is 6.54 Å². The van der Waals surface area contributed by atoms with Crippen LogP contribution >= 0.6 is 15.9 Å². The average Bonchev–Trinajstić information content (AvgIpc) is 2.91. The Balaban J connectivity index is 1.95. The third kappa shape index (κ3) is 2.78. The lowest BCUT2D eigenvalue weighted by Gasteiger charge is -2.07. The highest BCUT2D eigenvalue weighted by Gasteiger charge is 2.05. The highest BCUT2D eigenvalue weighted by Crippen LogP contribution is 2.20. The van der Waals surface area contributed by atoms with Gasteiger partial charge in [0.1, 0.15) is 0 Å². The van der Waals surface area contributed by atoms with Crippen molar-refractivity contribution >= 4 is 32.7 Å². The Bertz CT molecular complexity index is 806. The van der Waals surface area contributed by atoms with Crippen molar-refractivity contribution in [2.24, 2.45) is 10.9 Å². The summed E-state index contributed by atoms with van der Waals surface area (Å²) in [6, 6.07) is 16.1. The molecule has 0 bridgehead atoms. The van der Waals surface area contributed by atoms with Crippen LogP contribution in [0, 0.1) is 0 Å². The molecule has 0 fully saturated rings. The monoisotopic (exact) mass is 343 g/mol. The van der Waals surface area contributed by atoms with Crippen LogP contribution in [0.15, 0.2) is 64.4 Å². The van der Waals surface area contributed by atoms with Gasteiger partial charge in [-0.05, 0) is 42.0 Å². The van der Waals surface area contributed by atoms with E-state index in [-0.39, 0.29) is 5.84 Å². The van der Waals surface area contributed by atoms with E-state index >= 15 is 0 Å². The van der Waals surface area contributed by atoms with Crippen molar-refractivity contribution < 1.29 is 5.21 Å². The number of nitrogens with zero attached hydrogens (tertiary/aromatic N) is 2. The Kier molecular flexibility index (Phi) is 3.66. The first-order valence-corrected chi connectivity index (χ1v) is 7.28. The number of halogens is 1. The summed E-state index contributed by atoms with van der Waals surface area (Å²) in [5.41, 5.74) is 8.68. The van der Waals surface area contributed by atoms with Crippen LogP contribution in [0.4, 0.5) is 0 Å². The topological polar surface area (TPSA) is 63.5 Å². The number of benzene rings is 2. The maximum atomic E-state index is 8.74. The molecular weight excluding hydrogens is 330 g/mol. The summed E-state index contributed by atoms with van der Waals surface area (Å²) in [6.07, 6.45) is 2.04. The molecule has 0 aliphatic rings. The SMILES string of the molecule is N/C(=N/O)c1ccc2c(ccn2Cc2ccc(Br)cc2)c1. The second-order valence-corrected chi connectivity index (χ2v) is 5.74. The van der Waals surface area contributed by atoms with Gasteiger partial charge < -0.3 is 15.5 Å². The Morgan fingerprint density at radius 3 is 2.62 bits per heavy atom. The molecule has 3 N–H and O–H groups in total. The smallest absolute Gasteiger partial charge is 0.170 e. The van der Waals surface area contributed by atoms with Gasteiger partial charge in [-0.3, -0.25) is 0 Å². The summed E-state index contributed by atoms with van der Waals surface area (Å²) in [5.74, 6) is 0.123. The van der Waals surface area contributed by atoms with Crippen molar-refractivity contribution in [1.29, 1.82) is 0 Å². The number of rotatable bonds is 3. The van der Waals surface area contributed by atoms with Gasteiger partial charge in [0.2, 0.25) is 0 Å².